The Bertz CT molecular complexity index is 2170. The maximum Gasteiger partial charge on any atom is 1.00 e. The summed E-state index contributed by atoms with van der Waals surface area (Å²) in [5, 5.41) is 24.2. The number of aliphatic carboxylic acids is 1. The SMILES string of the molecule is CCN(C1CCC(C(=O)O)CC1)S(=O)(=O)c1cccc(C(=O)Nc2ccc(OCC3CC3)cc2C(=O)Nc2ccc(CCc3ccc(C(=O)O)cc3)cc2)c1.[H-].[H-].[K+].[K+]. The zero-order valence-corrected chi connectivity index (χ0v) is 39.6. The van der Waals surface area contributed by atoms with Gasteiger partial charge in [-0.1, -0.05) is 37.3 Å². The van der Waals surface area contributed by atoms with Crippen LogP contribution in [0.25, 0.3) is 0 Å². The van der Waals surface area contributed by atoms with Gasteiger partial charge in [-0.15, -0.1) is 0 Å². The first-order valence-electron chi connectivity index (χ1n) is 18.6. The van der Waals surface area contributed by atoms with Crippen LogP contribution in [0.1, 0.15) is 90.5 Å². The first-order valence-corrected chi connectivity index (χ1v) is 20.0. The molecule has 0 aliphatic heterocycles. The molecule has 0 bridgehead atoms. The van der Waals surface area contributed by atoms with Gasteiger partial charge in [-0.3, -0.25) is 14.4 Å². The Hall–Kier alpha value is -2.26. The Balaban J connectivity index is 0.00000300. The zero-order chi connectivity index (χ0) is 39.1. The van der Waals surface area contributed by atoms with E-state index in [0.29, 0.717) is 62.5 Å². The molecular weight excluding hydrogens is 801 g/mol. The van der Waals surface area contributed by atoms with Crippen molar-refractivity contribution in [2.45, 2.75) is 69.2 Å². The molecule has 4 aromatic carbocycles. The minimum Gasteiger partial charge on any atom is -1.00 e. The normalized spacial score (nSPS) is 16.4. The third-order valence-electron chi connectivity index (χ3n) is 10.2. The second kappa shape index (κ2) is 21.8. The Morgan fingerprint density at radius 3 is 1.96 bits per heavy atom. The fourth-order valence-electron chi connectivity index (χ4n) is 6.83. The van der Waals surface area contributed by atoms with Crippen molar-refractivity contribution in [1.82, 2.24) is 4.31 Å². The van der Waals surface area contributed by atoms with Crippen molar-refractivity contribution in [1.29, 1.82) is 0 Å². The molecule has 2 fully saturated rings. The molecule has 0 atom stereocenters. The fraction of sp³-hybridized carbons (Fsp3) is 0.333. The Kier molecular flexibility index (Phi) is 18.2. The van der Waals surface area contributed by atoms with E-state index in [1.165, 1.54) is 28.6 Å². The van der Waals surface area contributed by atoms with E-state index in [-0.39, 0.29) is 145 Å². The Labute approximate surface area is 421 Å². The standard InChI is InChI=1S/C42H45N3O9S.2K.2H/c1-2-45(34-20-16-31(17-21-34)42(50)51)55(52,53)36-5-3-4-32(24-36)39(46)44-38-23-22-35(54-26-29-8-9-29)25-37(38)40(47)43-33-18-12-28(13-19-33)7-6-27-10-14-30(15-11-27)41(48)49;;;;/h3-5,10-15,18-19,22-25,29,31,34H,2,6-9,16-17,20-21,26H2,1H3,(H,43,47)(H,44,46)(H,48,49)(H,50,51);;;;/q;2*+1;2*-1. The molecule has 0 saturated heterocycles. The third kappa shape index (κ3) is 12.9. The molecule has 2 amide bonds. The maximum absolute atomic E-state index is 13.8. The van der Waals surface area contributed by atoms with E-state index in [0.717, 1.165) is 24.0 Å². The summed E-state index contributed by atoms with van der Waals surface area (Å²) < 4.78 is 35.0. The molecule has 292 valence electrons. The number of ether oxygens (including phenoxy) is 1. The number of amides is 2. The van der Waals surface area contributed by atoms with E-state index >= 15 is 0 Å². The number of carboxylic acid groups (broad SMARTS) is 2. The quantitative estimate of drug-likeness (QED) is 0.121. The molecule has 6 rings (SSSR count). The number of carbonyl (C=O) groups excluding carboxylic acids is 2. The van der Waals surface area contributed by atoms with Gasteiger partial charge in [0.25, 0.3) is 11.8 Å². The summed E-state index contributed by atoms with van der Waals surface area (Å²) in [6.07, 6.45) is 5.27. The number of sulfonamides is 1. The van der Waals surface area contributed by atoms with Crippen molar-refractivity contribution in [2.24, 2.45) is 11.8 Å². The van der Waals surface area contributed by atoms with Gasteiger partial charge in [0.15, 0.2) is 0 Å². The number of anilines is 2. The Morgan fingerprint density at radius 2 is 1.39 bits per heavy atom. The van der Waals surface area contributed by atoms with Crippen LogP contribution in [0.3, 0.4) is 0 Å². The van der Waals surface area contributed by atoms with Gasteiger partial charge < -0.3 is 28.4 Å². The molecule has 2 aliphatic rings. The van der Waals surface area contributed by atoms with Gasteiger partial charge >= 0.3 is 115 Å². The topological polar surface area (TPSA) is 179 Å². The van der Waals surface area contributed by atoms with E-state index in [9.17, 15) is 32.7 Å². The number of nitrogens with one attached hydrogen (secondary N) is 2. The van der Waals surface area contributed by atoms with Gasteiger partial charge in [0.1, 0.15) is 5.75 Å². The summed E-state index contributed by atoms with van der Waals surface area (Å²) in [5.74, 6) is -2.45. The maximum atomic E-state index is 13.8. The van der Waals surface area contributed by atoms with Crippen LogP contribution in [0.2, 0.25) is 0 Å². The Morgan fingerprint density at radius 1 is 0.754 bits per heavy atom. The molecule has 4 aromatic rings. The summed E-state index contributed by atoms with van der Waals surface area (Å²) in [5.41, 5.74) is 3.27. The third-order valence-corrected chi connectivity index (χ3v) is 12.3. The van der Waals surface area contributed by atoms with Crippen molar-refractivity contribution in [3.63, 3.8) is 0 Å². The average molecular weight is 848 g/mol. The van der Waals surface area contributed by atoms with Crippen molar-refractivity contribution in [3.05, 3.63) is 119 Å². The van der Waals surface area contributed by atoms with Crippen LogP contribution in [-0.4, -0.2) is 65.9 Å². The second-order valence-corrected chi connectivity index (χ2v) is 16.0. The first-order chi connectivity index (χ1) is 26.4. The predicted octanol–water partition coefficient (Wildman–Crippen LogP) is 1.35. The van der Waals surface area contributed by atoms with Crippen molar-refractivity contribution in [2.75, 3.05) is 23.8 Å². The number of benzene rings is 4. The van der Waals surface area contributed by atoms with E-state index in [1.54, 1.807) is 61.5 Å². The number of hydrogen-bond acceptors (Lipinski definition) is 7. The molecule has 2 aliphatic carbocycles. The van der Waals surface area contributed by atoms with Crippen LogP contribution in [0.4, 0.5) is 11.4 Å². The predicted molar refractivity (Wildman–Crippen MR) is 209 cm³/mol. The van der Waals surface area contributed by atoms with Crippen LogP contribution in [0.15, 0.2) is 95.9 Å². The molecule has 12 nitrogen and oxygen atoms in total. The molecule has 4 N–H and O–H groups in total. The largest absolute Gasteiger partial charge is 1.00 e. The molecule has 0 radical (unpaired) electrons. The zero-order valence-electron chi connectivity index (χ0n) is 34.6. The number of carboxylic acids is 2. The summed E-state index contributed by atoms with van der Waals surface area (Å²) in [7, 11) is -4.01. The number of rotatable bonds is 16. The summed E-state index contributed by atoms with van der Waals surface area (Å²) >= 11 is 0. The fourth-order valence-corrected chi connectivity index (χ4v) is 8.57. The van der Waals surface area contributed by atoms with E-state index in [2.05, 4.69) is 10.6 Å². The first kappa shape index (κ1) is 47.4. The van der Waals surface area contributed by atoms with Gasteiger partial charge in [-0.05, 0) is 129 Å². The number of carbonyl (C=O) groups is 4. The minimum atomic E-state index is -4.01. The smallest absolute Gasteiger partial charge is 1.00 e. The van der Waals surface area contributed by atoms with Gasteiger partial charge in [0, 0.05) is 23.8 Å². The van der Waals surface area contributed by atoms with Gasteiger partial charge in [-0.2, -0.15) is 4.31 Å². The number of aryl methyl sites for hydroxylation is 2. The molecule has 0 spiro atoms. The van der Waals surface area contributed by atoms with Crippen LogP contribution in [0, 0.1) is 11.8 Å². The van der Waals surface area contributed by atoms with Gasteiger partial charge in [0.2, 0.25) is 10.0 Å². The van der Waals surface area contributed by atoms with Crippen molar-refractivity contribution >= 4 is 45.2 Å². The molecule has 0 unspecified atom stereocenters. The number of aromatic carboxylic acids is 1. The van der Waals surface area contributed by atoms with E-state index in [4.69, 9.17) is 9.84 Å². The van der Waals surface area contributed by atoms with Gasteiger partial charge in [0.05, 0.1) is 34.2 Å². The second-order valence-electron chi connectivity index (χ2n) is 14.1. The van der Waals surface area contributed by atoms with Crippen molar-refractivity contribution < 1.29 is 148 Å². The summed E-state index contributed by atoms with van der Waals surface area (Å²) in [6, 6.07) is 24.4. The minimum absolute atomic E-state index is 0. The van der Waals surface area contributed by atoms with Crippen LogP contribution < -0.4 is 118 Å². The van der Waals surface area contributed by atoms with Crippen molar-refractivity contribution in [3.8, 4) is 5.75 Å². The molecule has 0 aromatic heterocycles. The average Bonchev–Trinajstić information content (AvgIpc) is 4.02. The van der Waals surface area contributed by atoms with E-state index < -0.39 is 39.7 Å². The monoisotopic (exact) mass is 847 g/mol. The molecular formula is C42H47K2N3O9S. The van der Waals surface area contributed by atoms with Crippen LogP contribution in [0.5, 0.6) is 5.75 Å². The number of hydrogen-bond donors (Lipinski definition) is 4. The molecule has 2 saturated carbocycles. The summed E-state index contributed by atoms with van der Waals surface area (Å²) in [4.78, 5) is 49.9. The van der Waals surface area contributed by atoms with Crippen LogP contribution >= 0.6 is 0 Å². The number of nitrogens with zero attached hydrogens (tertiary/aromatic N) is 1. The molecule has 15 heteroatoms. The molecule has 57 heavy (non-hydrogen) atoms. The summed E-state index contributed by atoms with van der Waals surface area (Å²) in [6.45, 7) is 2.46. The van der Waals surface area contributed by atoms with Gasteiger partial charge in [-0.25, -0.2) is 13.2 Å². The van der Waals surface area contributed by atoms with E-state index in [1.807, 2.05) is 12.1 Å². The van der Waals surface area contributed by atoms with Crippen LogP contribution in [-0.2, 0) is 27.7 Å². The molecule has 0 heterocycles.